The van der Waals surface area contributed by atoms with Gasteiger partial charge < -0.3 is 0 Å². The summed E-state index contributed by atoms with van der Waals surface area (Å²) in [6.07, 6.45) is 11.3. The predicted octanol–water partition coefficient (Wildman–Crippen LogP) is 5.57. The average molecular weight is 339 g/mol. The van der Waals surface area contributed by atoms with Gasteiger partial charge in [-0.25, -0.2) is 0 Å². The van der Waals surface area contributed by atoms with E-state index in [1.165, 1.54) is 63.5 Å². The van der Waals surface area contributed by atoms with Gasteiger partial charge in [-0.2, -0.15) is 11.3 Å². The Morgan fingerprint density at radius 2 is 1.14 bits per heavy atom. The molecule has 0 unspecified atom stereocenters. The third-order valence-electron chi connectivity index (χ3n) is 4.26. The molecule has 0 fully saturated rings. The zero-order valence-corrected chi connectivity index (χ0v) is 17.5. The fourth-order valence-electron chi connectivity index (χ4n) is 2.68. The first-order valence-electron chi connectivity index (χ1n) is 8.94. The van der Waals surface area contributed by atoms with Gasteiger partial charge in [0.25, 0.3) is 0 Å². The van der Waals surface area contributed by atoms with Crippen molar-refractivity contribution in [1.29, 1.82) is 0 Å². The molecule has 0 atom stereocenters. The van der Waals surface area contributed by atoms with Crippen LogP contribution >= 0.6 is 11.3 Å². The van der Waals surface area contributed by atoms with E-state index >= 15 is 0 Å². The summed E-state index contributed by atoms with van der Waals surface area (Å²) in [5, 5.41) is 0. The summed E-state index contributed by atoms with van der Waals surface area (Å²) in [5.74, 6) is 0. The first-order chi connectivity index (χ1) is 10.2. The monoisotopic (exact) mass is 338 g/mol. The second-order valence-electron chi connectivity index (χ2n) is 6.35. The predicted molar refractivity (Wildman–Crippen MR) is 105 cm³/mol. The fourth-order valence-corrected chi connectivity index (χ4v) is 8.95. The van der Waals surface area contributed by atoms with Crippen LogP contribution in [0, 0.1) is 0 Å². The molecule has 0 bridgehead atoms. The Balaban J connectivity index is 2.33. The smallest absolute Gasteiger partial charge is 0.0959 e. The zero-order valence-electron chi connectivity index (χ0n) is 14.6. The molecule has 1 heterocycles. The molecule has 0 saturated heterocycles. The standard InChI is InChI=1S/C18H34SSi2/c1-5-7-9-11-15-20(3)17-13-14-18(19-17)21(4)16-12-10-8-6-2/h13-14H,5-12,15-16H2,1-4H3. The van der Waals surface area contributed by atoms with Crippen LogP contribution in [0.2, 0.25) is 25.2 Å². The molecule has 2 radical (unpaired) electrons. The lowest BCUT2D eigenvalue weighted by Crippen LogP contribution is -2.26. The van der Waals surface area contributed by atoms with Gasteiger partial charge in [-0.15, -0.1) is 0 Å². The van der Waals surface area contributed by atoms with Gasteiger partial charge in [0.15, 0.2) is 0 Å². The third-order valence-corrected chi connectivity index (χ3v) is 11.9. The fraction of sp³-hybridized carbons (Fsp3) is 0.778. The van der Waals surface area contributed by atoms with Crippen molar-refractivity contribution in [2.45, 2.75) is 90.4 Å². The molecule has 0 saturated carbocycles. The molecule has 0 aliphatic rings. The highest BCUT2D eigenvalue weighted by atomic mass is 32.1. The van der Waals surface area contributed by atoms with Crippen molar-refractivity contribution in [1.82, 2.24) is 0 Å². The van der Waals surface area contributed by atoms with E-state index in [2.05, 4.69) is 50.4 Å². The molecule has 0 aromatic carbocycles. The molecular weight excluding hydrogens is 304 g/mol. The largest absolute Gasteiger partial charge is 0.155 e. The molecule has 1 rings (SSSR count). The molecule has 21 heavy (non-hydrogen) atoms. The van der Waals surface area contributed by atoms with Crippen molar-refractivity contribution < 1.29 is 0 Å². The van der Waals surface area contributed by atoms with E-state index < -0.39 is 0 Å². The normalized spacial score (nSPS) is 11.7. The van der Waals surface area contributed by atoms with Crippen LogP contribution in [0.15, 0.2) is 12.1 Å². The van der Waals surface area contributed by atoms with E-state index in [1.807, 2.05) is 0 Å². The average Bonchev–Trinajstić information content (AvgIpc) is 2.98. The lowest BCUT2D eigenvalue weighted by molar-refractivity contribution is 0.699. The number of thiophene rings is 1. The maximum absolute atomic E-state index is 2.52. The summed E-state index contributed by atoms with van der Waals surface area (Å²) in [6.45, 7) is 9.65. The highest BCUT2D eigenvalue weighted by Gasteiger charge is 2.14. The van der Waals surface area contributed by atoms with Crippen molar-refractivity contribution in [3.8, 4) is 0 Å². The van der Waals surface area contributed by atoms with Gasteiger partial charge in [0.1, 0.15) is 0 Å². The van der Waals surface area contributed by atoms with E-state index in [4.69, 9.17) is 0 Å². The van der Waals surface area contributed by atoms with Gasteiger partial charge in [0.2, 0.25) is 0 Å². The van der Waals surface area contributed by atoms with Gasteiger partial charge in [0, 0.05) is 0 Å². The van der Waals surface area contributed by atoms with E-state index in [-0.39, 0.29) is 17.6 Å². The first-order valence-corrected chi connectivity index (χ1v) is 14.2. The summed E-state index contributed by atoms with van der Waals surface area (Å²) in [5.41, 5.74) is 0. The Bertz CT molecular complexity index is 329. The van der Waals surface area contributed by atoms with Crippen molar-refractivity contribution in [2.75, 3.05) is 0 Å². The second-order valence-corrected chi connectivity index (χ2v) is 13.4. The summed E-state index contributed by atoms with van der Waals surface area (Å²) < 4.78 is 3.48. The Labute approximate surface area is 140 Å². The topological polar surface area (TPSA) is 0 Å². The molecule has 120 valence electrons. The third kappa shape index (κ3) is 7.80. The Hall–Kier alpha value is 0.134. The maximum atomic E-state index is 2.52. The van der Waals surface area contributed by atoms with E-state index in [1.54, 1.807) is 9.00 Å². The summed E-state index contributed by atoms with van der Waals surface area (Å²) in [4.78, 5) is 0. The molecule has 1 aromatic rings. The number of unbranched alkanes of at least 4 members (excludes halogenated alkanes) is 6. The quantitative estimate of drug-likeness (QED) is 0.345. The molecule has 0 aliphatic carbocycles. The van der Waals surface area contributed by atoms with Crippen molar-refractivity contribution in [2.24, 2.45) is 0 Å². The lowest BCUT2D eigenvalue weighted by Gasteiger charge is -2.08. The lowest BCUT2D eigenvalue weighted by atomic mass is 10.2. The van der Waals surface area contributed by atoms with Crippen molar-refractivity contribution >= 4 is 37.9 Å². The molecule has 0 amide bonds. The first kappa shape index (κ1) is 19.2. The minimum absolute atomic E-state index is 0.254. The van der Waals surface area contributed by atoms with Gasteiger partial charge in [0.05, 0.1) is 17.6 Å². The minimum atomic E-state index is -0.254. The minimum Gasteiger partial charge on any atom is -0.155 e. The van der Waals surface area contributed by atoms with Gasteiger partial charge in [-0.05, 0) is 9.00 Å². The molecule has 0 aliphatic heterocycles. The van der Waals surface area contributed by atoms with Crippen LogP contribution in [0.1, 0.15) is 65.2 Å². The molecule has 1 aromatic heterocycles. The summed E-state index contributed by atoms with van der Waals surface area (Å²) >= 11 is 2.17. The highest BCUT2D eigenvalue weighted by Crippen LogP contribution is 2.11. The molecule has 0 spiro atoms. The molecule has 0 N–H and O–H groups in total. The van der Waals surface area contributed by atoms with Gasteiger partial charge in [-0.3, -0.25) is 0 Å². The second kappa shape index (κ2) is 11.7. The van der Waals surface area contributed by atoms with Gasteiger partial charge >= 0.3 is 0 Å². The molecule has 3 heteroatoms. The number of hydrogen-bond donors (Lipinski definition) is 0. The van der Waals surface area contributed by atoms with Gasteiger partial charge in [-0.1, -0.05) is 103 Å². The SMILES string of the molecule is CCCCCC[Si](C)c1ccc([Si](C)CCCCCC)s1. The van der Waals surface area contributed by atoms with Crippen LogP contribution < -0.4 is 9.00 Å². The van der Waals surface area contributed by atoms with Crippen LogP contribution in [-0.4, -0.2) is 17.6 Å². The zero-order chi connectivity index (χ0) is 15.5. The van der Waals surface area contributed by atoms with Crippen LogP contribution in [-0.2, 0) is 0 Å². The summed E-state index contributed by atoms with van der Waals surface area (Å²) in [7, 11) is -0.507. The highest BCUT2D eigenvalue weighted by molar-refractivity contribution is 7.31. The van der Waals surface area contributed by atoms with Crippen LogP contribution in [0.3, 0.4) is 0 Å². The van der Waals surface area contributed by atoms with E-state index in [0.29, 0.717) is 0 Å². The number of hydrogen-bond acceptors (Lipinski definition) is 1. The number of rotatable bonds is 12. The van der Waals surface area contributed by atoms with Crippen LogP contribution in [0.5, 0.6) is 0 Å². The van der Waals surface area contributed by atoms with Crippen molar-refractivity contribution in [3.05, 3.63) is 12.1 Å². The van der Waals surface area contributed by atoms with E-state index in [0.717, 1.165) is 0 Å². The Kier molecular flexibility index (Phi) is 10.7. The summed E-state index contributed by atoms with van der Waals surface area (Å²) in [6, 6.07) is 7.89. The van der Waals surface area contributed by atoms with Crippen LogP contribution in [0.4, 0.5) is 0 Å². The maximum Gasteiger partial charge on any atom is 0.0959 e. The van der Waals surface area contributed by atoms with E-state index in [9.17, 15) is 0 Å². The van der Waals surface area contributed by atoms with Crippen molar-refractivity contribution in [3.63, 3.8) is 0 Å². The van der Waals surface area contributed by atoms with Crippen LogP contribution in [0.25, 0.3) is 0 Å². The molecule has 0 nitrogen and oxygen atoms in total. The molecular formula is C18H34SSi2. The Morgan fingerprint density at radius 1 is 0.714 bits per heavy atom. The Morgan fingerprint density at radius 3 is 1.52 bits per heavy atom.